The molecule has 0 fully saturated rings. The van der Waals surface area contributed by atoms with Gasteiger partial charge in [0.15, 0.2) is 0 Å². The van der Waals surface area contributed by atoms with Crippen molar-refractivity contribution < 1.29 is 38.2 Å². The Labute approximate surface area is 390 Å². The maximum absolute atomic E-state index is 13.4. The summed E-state index contributed by atoms with van der Waals surface area (Å²) in [6.07, 6.45) is 23.7. The fourth-order valence-corrected chi connectivity index (χ4v) is 6.76. The highest BCUT2D eigenvalue weighted by Crippen LogP contribution is 2.15. The van der Waals surface area contributed by atoms with Crippen molar-refractivity contribution in [3.05, 3.63) is 12.2 Å². The lowest BCUT2D eigenvalue weighted by molar-refractivity contribution is -0.123. The standard InChI is InChI=1S/C50H96N6O8/c1-12-13-14-15-16-17-18-19-20-21-22-23-24-25-26-34-43(57)52-36-28-27-33-42(54-45(59)62-48(2,3)4)44(58)53-37-32-41-56(47(61)64-50(8,9)10)39-30-29-38-55(40-31-35-51-11)46(60)63-49(5,6)7/h19-20,42,51H,12-18,21-41H2,1-11H3,(H,52,57)(H,53,58)(H,54,59)/b20-19-. The molecule has 64 heavy (non-hydrogen) atoms. The number of rotatable bonds is 35. The average Bonchev–Trinajstić information content (AvgIpc) is 3.18. The first-order chi connectivity index (χ1) is 30.2. The largest absolute Gasteiger partial charge is 0.444 e. The summed E-state index contributed by atoms with van der Waals surface area (Å²) in [7, 11) is 1.87. The van der Waals surface area contributed by atoms with Crippen LogP contribution >= 0.6 is 0 Å². The topological polar surface area (TPSA) is 168 Å². The van der Waals surface area contributed by atoms with Gasteiger partial charge in [-0.25, -0.2) is 14.4 Å². The van der Waals surface area contributed by atoms with E-state index in [0.29, 0.717) is 77.7 Å². The molecule has 0 rings (SSSR count). The quantitative estimate of drug-likeness (QED) is 0.0275. The second-order valence-electron chi connectivity index (χ2n) is 20.1. The summed E-state index contributed by atoms with van der Waals surface area (Å²) < 4.78 is 16.8. The third kappa shape index (κ3) is 37.8. The van der Waals surface area contributed by atoms with E-state index >= 15 is 0 Å². The fourth-order valence-electron chi connectivity index (χ4n) is 6.76. The number of hydrogen-bond donors (Lipinski definition) is 4. The molecular weight excluding hydrogens is 813 g/mol. The van der Waals surface area contributed by atoms with E-state index in [1.54, 1.807) is 30.6 Å². The molecule has 0 radical (unpaired) electrons. The van der Waals surface area contributed by atoms with Gasteiger partial charge in [-0.05, 0) is 153 Å². The Morgan fingerprint density at radius 3 is 1.47 bits per heavy atom. The molecule has 0 heterocycles. The zero-order chi connectivity index (χ0) is 48.3. The van der Waals surface area contributed by atoms with Crippen molar-refractivity contribution in [1.82, 2.24) is 31.1 Å². The van der Waals surface area contributed by atoms with Crippen LogP contribution in [-0.4, -0.2) is 116 Å². The van der Waals surface area contributed by atoms with Crippen LogP contribution in [0.15, 0.2) is 12.2 Å². The monoisotopic (exact) mass is 909 g/mol. The van der Waals surface area contributed by atoms with Crippen molar-refractivity contribution >= 4 is 30.1 Å². The van der Waals surface area contributed by atoms with E-state index in [2.05, 4.69) is 40.3 Å². The van der Waals surface area contributed by atoms with Gasteiger partial charge in [-0.1, -0.05) is 70.4 Å². The van der Waals surface area contributed by atoms with Gasteiger partial charge in [-0.15, -0.1) is 0 Å². The fraction of sp³-hybridized carbons (Fsp3) is 0.860. The molecule has 0 aliphatic carbocycles. The number of amides is 5. The van der Waals surface area contributed by atoms with Gasteiger partial charge in [-0.3, -0.25) is 9.59 Å². The molecule has 0 bridgehead atoms. The van der Waals surface area contributed by atoms with Crippen LogP contribution in [0.5, 0.6) is 0 Å². The molecule has 0 aliphatic heterocycles. The highest BCUT2D eigenvalue weighted by Gasteiger charge is 2.26. The minimum atomic E-state index is -0.829. The van der Waals surface area contributed by atoms with Gasteiger partial charge < -0.3 is 45.3 Å². The second kappa shape index (κ2) is 35.7. The maximum atomic E-state index is 13.4. The summed E-state index contributed by atoms with van der Waals surface area (Å²) >= 11 is 0. The minimum absolute atomic E-state index is 0.0437. The first kappa shape index (κ1) is 60.5. The predicted octanol–water partition coefficient (Wildman–Crippen LogP) is 10.6. The molecule has 0 aliphatic rings. The van der Waals surface area contributed by atoms with E-state index < -0.39 is 35.0 Å². The molecule has 1 atom stereocenters. The molecule has 0 aromatic carbocycles. The number of carbonyl (C=O) groups excluding carboxylic acids is 5. The van der Waals surface area contributed by atoms with Crippen LogP contribution in [0.25, 0.3) is 0 Å². The summed E-state index contributed by atoms with van der Waals surface area (Å²) in [6, 6.07) is -0.829. The molecule has 4 N–H and O–H groups in total. The molecule has 1 unspecified atom stereocenters. The third-order valence-electron chi connectivity index (χ3n) is 10.1. The Balaban J connectivity index is 4.90. The third-order valence-corrected chi connectivity index (χ3v) is 10.1. The van der Waals surface area contributed by atoms with E-state index in [1.165, 1.54) is 57.8 Å². The SMILES string of the molecule is CCCCCCCC/C=C\CCCCCCCC(=O)NCCCCC(NC(=O)OC(C)(C)C)C(=O)NCCCN(CCCCN(CCCNC)C(=O)OC(C)(C)C)C(=O)OC(C)(C)C. The molecule has 14 heteroatoms. The predicted molar refractivity (Wildman–Crippen MR) is 260 cm³/mol. The number of carbonyl (C=O) groups is 5. The van der Waals surface area contributed by atoms with Crippen LogP contribution in [0.3, 0.4) is 0 Å². The average molecular weight is 909 g/mol. The van der Waals surface area contributed by atoms with E-state index in [9.17, 15) is 24.0 Å². The molecule has 0 aromatic heterocycles. The Hall–Kier alpha value is -3.55. The highest BCUT2D eigenvalue weighted by molar-refractivity contribution is 5.85. The number of alkyl carbamates (subject to hydrolysis) is 1. The van der Waals surface area contributed by atoms with Crippen molar-refractivity contribution in [2.45, 2.75) is 227 Å². The first-order valence-corrected chi connectivity index (χ1v) is 25.0. The Kier molecular flexibility index (Phi) is 33.7. The maximum Gasteiger partial charge on any atom is 0.410 e. The van der Waals surface area contributed by atoms with Gasteiger partial charge in [0, 0.05) is 45.7 Å². The van der Waals surface area contributed by atoms with Crippen molar-refractivity contribution in [2.24, 2.45) is 0 Å². The summed E-state index contributed by atoms with van der Waals surface area (Å²) in [5.74, 6) is -0.300. The molecule has 14 nitrogen and oxygen atoms in total. The molecule has 0 saturated heterocycles. The van der Waals surface area contributed by atoms with Crippen LogP contribution in [0.4, 0.5) is 14.4 Å². The summed E-state index contributed by atoms with van der Waals surface area (Å²) in [5.41, 5.74) is -2.02. The number of nitrogens with one attached hydrogen (secondary N) is 4. The van der Waals surface area contributed by atoms with Crippen molar-refractivity contribution in [3.8, 4) is 0 Å². The summed E-state index contributed by atoms with van der Waals surface area (Å²) in [4.78, 5) is 68.0. The van der Waals surface area contributed by atoms with Crippen molar-refractivity contribution in [2.75, 3.05) is 52.9 Å². The van der Waals surface area contributed by atoms with Crippen molar-refractivity contribution in [1.29, 1.82) is 0 Å². The van der Waals surface area contributed by atoms with Crippen LogP contribution in [-0.2, 0) is 23.8 Å². The molecule has 374 valence electrons. The van der Waals surface area contributed by atoms with Gasteiger partial charge in [0.1, 0.15) is 22.8 Å². The number of allylic oxidation sites excluding steroid dienone is 2. The van der Waals surface area contributed by atoms with Crippen molar-refractivity contribution in [3.63, 3.8) is 0 Å². The highest BCUT2D eigenvalue weighted by atomic mass is 16.6. The van der Waals surface area contributed by atoms with Gasteiger partial charge in [-0.2, -0.15) is 0 Å². The summed E-state index contributed by atoms with van der Waals surface area (Å²) in [5, 5.41) is 11.8. The van der Waals surface area contributed by atoms with Gasteiger partial charge in [0.05, 0.1) is 0 Å². The summed E-state index contributed by atoms with van der Waals surface area (Å²) in [6.45, 7) is 21.9. The Bertz CT molecular complexity index is 1290. The van der Waals surface area contributed by atoms with E-state index in [-0.39, 0.29) is 24.5 Å². The van der Waals surface area contributed by atoms with Gasteiger partial charge in [0.2, 0.25) is 11.8 Å². The van der Waals surface area contributed by atoms with Gasteiger partial charge >= 0.3 is 18.3 Å². The lowest BCUT2D eigenvalue weighted by Crippen LogP contribution is -2.48. The molecule has 5 amide bonds. The number of nitrogens with zero attached hydrogens (tertiary/aromatic N) is 2. The zero-order valence-corrected chi connectivity index (χ0v) is 42.7. The Morgan fingerprint density at radius 1 is 0.516 bits per heavy atom. The number of unbranched alkanes of at least 4 members (excludes halogenated alkanes) is 13. The van der Waals surface area contributed by atoms with Crippen LogP contribution in [0.2, 0.25) is 0 Å². The number of hydrogen-bond acceptors (Lipinski definition) is 9. The van der Waals surface area contributed by atoms with Crippen LogP contribution in [0, 0.1) is 0 Å². The molecule has 0 saturated carbocycles. The lowest BCUT2D eigenvalue weighted by atomic mass is 10.1. The van der Waals surface area contributed by atoms with E-state index in [0.717, 1.165) is 38.6 Å². The number of ether oxygens (including phenoxy) is 3. The molecule has 0 spiro atoms. The second-order valence-corrected chi connectivity index (χ2v) is 20.1. The van der Waals surface area contributed by atoms with Crippen LogP contribution in [0.1, 0.15) is 204 Å². The Morgan fingerprint density at radius 2 is 0.969 bits per heavy atom. The van der Waals surface area contributed by atoms with Gasteiger partial charge in [0.25, 0.3) is 0 Å². The minimum Gasteiger partial charge on any atom is -0.444 e. The van der Waals surface area contributed by atoms with Crippen LogP contribution < -0.4 is 21.3 Å². The lowest BCUT2D eigenvalue weighted by Gasteiger charge is -2.29. The zero-order valence-electron chi connectivity index (χ0n) is 42.7. The van der Waals surface area contributed by atoms with E-state index in [4.69, 9.17) is 14.2 Å². The van der Waals surface area contributed by atoms with E-state index in [1.807, 2.05) is 48.6 Å². The normalized spacial score (nSPS) is 12.4. The smallest absolute Gasteiger partial charge is 0.410 e. The molecular formula is C50H96N6O8. The molecule has 0 aromatic rings. The first-order valence-electron chi connectivity index (χ1n) is 25.0.